The van der Waals surface area contributed by atoms with Crippen LogP contribution in [0, 0.1) is 0 Å². The maximum Gasteiger partial charge on any atom is 0.221 e. The van der Waals surface area contributed by atoms with Crippen molar-refractivity contribution in [2.24, 2.45) is 5.73 Å². The first-order valence-corrected chi connectivity index (χ1v) is 7.78. The largest absolute Gasteiger partial charge is 0.369 e. The lowest BCUT2D eigenvalue weighted by Crippen LogP contribution is -2.47. The van der Waals surface area contributed by atoms with Crippen LogP contribution in [0.25, 0.3) is 0 Å². The smallest absolute Gasteiger partial charge is 0.221 e. The molecule has 0 unspecified atom stereocenters. The highest BCUT2D eigenvalue weighted by molar-refractivity contribution is 5.75. The summed E-state index contributed by atoms with van der Waals surface area (Å²) >= 11 is 0. The monoisotopic (exact) mass is 290 g/mol. The number of nitrogens with two attached hydrogens (primary N) is 1. The number of nitrogens with one attached hydrogen (secondary N) is 1. The number of rotatable bonds is 7. The van der Waals surface area contributed by atoms with Gasteiger partial charge in [-0.2, -0.15) is 0 Å². The van der Waals surface area contributed by atoms with Crippen molar-refractivity contribution in [3.63, 3.8) is 0 Å². The van der Waals surface area contributed by atoms with Crippen molar-refractivity contribution in [1.29, 1.82) is 0 Å². The van der Waals surface area contributed by atoms with Crippen molar-refractivity contribution >= 4 is 11.6 Å². The van der Waals surface area contributed by atoms with Crippen LogP contribution in [0.3, 0.4) is 0 Å². The minimum Gasteiger partial charge on any atom is -0.369 e. The third-order valence-electron chi connectivity index (χ3n) is 3.84. The molecule has 21 heavy (non-hydrogen) atoms. The molecule has 5 nitrogen and oxygen atoms in total. The summed E-state index contributed by atoms with van der Waals surface area (Å²) < 4.78 is 0. The van der Waals surface area contributed by atoms with Crippen molar-refractivity contribution in [1.82, 2.24) is 10.2 Å². The van der Waals surface area contributed by atoms with Crippen molar-refractivity contribution in [3.8, 4) is 0 Å². The predicted molar refractivity (Wildman–Crippen MR) is 86.4 cm³/mol. The number of anilines is 1. The van der Waals surface area contributed by atoms with Gasteiger partial charge in [0.2, 0.25) is 5.91 Å². The fourth-order valence-electron chi connectivity index (χ4n) is 2.62. The fourth-order valence-corrected chi connectivity index (χ4v) is 2.62. The molecule has 3 N–H and O–H groups in total. The van der Waals surface area contributed by atoms with Gasteiger partial charge in [-0.1, -0.05) is 18.2 Å². The molecule has 2 rings (SSSR count). The van der Waals surface area contributed by atoms with E-state index >= 15 is 0 Å². The number of carbonyl (C=O) groups is 1. The lowest BCUT2D eigenvalue weighted by Gasteiger charge is -2.36. The Bertz CT molecular complexity index is 416. The first-order valence-electron chi connectivity index (χ1n) is 7.78. The first kappa shape index (κ1) is 15.8. The Kier molecular flexibility index (Phi) is 6.50. The molecular weight excluding hydrogens is 264 g/mol. The minimum absolute atomic E-state index is 0.0615. The zero-order valence-electron chi connectivity index (χ0n) is 12.6. The zero-order chi connectivity index (χ0) is 14.9. The van der Waals surface area contributed by atoms with Crippen LogP contribution in [-0.4, -0.2) is 56.6 Å². The van der Waals surface area contributed by atoms with Crippen LogP contribution in [-0.2, 0) is 4.79 Å². The SMILES string of the molecule is NCCC(=O)NCCCN1CCN(c2ccccc2)CC1. The third kappa shape index (κ3) is 5.36. The van der Waals surface area contributed by atoms with Crippen LogP contribution in [0.1, 0.15) is 12.8 Å². The van der Waals surface area contributed by atoms with Crippen LogP contribution in [0.4, 0.5) is 5.69 Å². The van der Waals surface area contributed by atoms with E-state index in [2.05, 4.69) is 45.4 Å². The van der Waals surface area contributed by atoms with Gasteiger partial charge in [-0.25, -0.2) is 0 Å². The summed E-state index contributed by atoms with van der Waals surface area (Å²) in [7, 11) is 0. The second-order valence-corrected chi connectivity index (χ2v) is 5.41. The van der Waals surface area contributed by atoms with E-state index in [1.54, 1.807) is 0 Å². The molecule has 0 atom stereocenters. The summed E-state index contributed by atoms with van der Waals surface area (Å²) in [5.74, 6) is 0.0615. The standard InChI is InChI=1S/C16H26N4O/c17-8-7-16(21)18-9-4-10-19-11-13-20(14-12-19)15-5-2-1-3-6-15/h1-3,5-6H,4,7-14,17H2,(H,18,21). The van der Waals surface area contributed by atoms with Gasteiger partial charge >= 0.3 is 0 Å². The Hall–Kier alpha value is -1.59. The highest BCUT2D eigenvalue weighted by Gasteiger charge is 2.16. The second kappa shape index (κ2) is 8.64. The summed E-state index contributed by atoms with van der Waals surface area (Å²) in [4.78, 5) is 16.2. The quantitative estimate of drug-likeness (QED) is 0.724. The number of benzene rings is 1. The molecule has 0 radical (unpaired) electrons. The topological polar surface area (TPSA) is 61.6 Å². The van der Waals surface area contributed by atoms with Crippen molar-refractivity contribution in [3.05, 3.63) is 30.3 Å². The molecule has 0 saturated carbocycles. The number of carbonyl (C=O) groups excluding carboxylic acids is 1. The number of para-hydroxylation sites is 1. The number of piperazine rings is 1. The number of hydrogen-bond donors (Lipinski definition) is 2. The molecule has 1 heterocycles. The van der Waals surface area contributed by atoms with Gasteiger partial charge in [0, 0.05) is 51.4 Å². The van der Waals surface area contributed by atoms with Gasteiger partial charge in [0.25, 0.3) is 0 Å². The predicted octanol–water partition coefficient (Wildman–Crippen LogP) is 0.664. The molecule has 1 aliphatic heterocycles. The van der Waals surface area contributed by atoms with Gasteiger partial charge in [-0.15, -0.1) is 0 Å². The average molecular weight is 290 g/mol. The van der Waals surface area contributed by atoms with Crippen LogP contribution < -0.4 is 16.0 Å². The zero-order valence-corrected chi connectivity index (χ0v) is 12.6. The molecule has 0 spiro atoms. The molecule has 1 fully saturated rings. The van der Waals surface area contributed by atoms with Crippen LogP contribution in [0.2, 0.25) is 0 Å². The van der Waals surface area contributed by atoms with Gasteiger partial charge in [0.15, 0.2) is 0 Å². The van der Waals surface area contributed by atoms with E-state index in [1.165, 1.54) is 5.69 Å². The van der Waals surface area contributed by atoms with E-state index < -0.39 is 0 Å². The van der Waals surface area contributed by atoms with Crippen LogP contribution in [0.15, 0.2) is 30.3 Å². The molecule has 1 aliphatic rings. The molecular formula is C16H26N4O. The van der Waals surface area contributed by atoms with E-state index in [1.807, 2.05) is 0 Å². The molecule has 116 valence electrons. The third-order valence-corrected chi connectivity index (χ3v) is 3.84. The lowest BCUT2D eigenvalue weighted by atomic mass is 10.2. The Balaban J connectivity index is 1.60. The normalized spacial score (nSPS) is 16.0. The molecule has 0 aromatic heterocycles. The molecule has 1 amide bonds. The van der Waals surface area contributed by atoms with Crippen molar-refractivity contribution in [2.45, 2.75) is 12.8 Å². The highest BCUT2D eigenvalue weighted by atomic mass is 16.1. The molecule has 1 aromatic carbocycles. The van der Waals surface area contributed by atoms with Gasteiger partial charge in [0.05, 0.1) is 0 Å². The van der Waals surface area contributed by atoms with E-state index in [0.717, 1.165) is 45.7 Å². The second-order valence-electron chi connectivity index (χ2n) is 5.41. The molecule has 5 heteroatoms. The fraction of sp³-hybridized carbons (Fsp3) is 0.562. The summed E-state index contributed by atoms with van der Waals surface area (Å²) in [5.41, 5.74) is 6.65. The van der Waals surface area contributed by atoms with Crippen LogP contribution >= 0.6 is 0 Å². The van der Waals surface area contributed by atoms with Crippen LogP contribution in [0.5, 0.6) is 0 Å². The van der Waals surface area contributed by atoms with Crippen molar-refractivity contribution in [2.75, 3.05) is 50.7 Å². The van der Waals surface area contributed by atoms with Crippen molar-refractivity contribution < 1.29 is 4.79 Å². The summed E-state index contributed by atoms with van der Waals surface area (Å²) in [6, 6.07) is 10.6. The maximum absolute atomic E-state index is 11.3. The van der Waals surface area contributed by atoms with Gasteiger partial charge < -0.3 is 16.0 Å². The summed E-state index contributed by atoms with van der Waals surface area (Å²) in [6.45, 7) is 6.54. The lowest BCUT2D eigenvalue weighted by molar-refractivity contribution is -0.120. The summed E-state index contributed by atoms with van der Waals surface area (Å²) in [6.07, 6.45) is 1.43. The highest BCUT2D eigenvalue weighted by Crippen LogP contribution is 2.15. The number of amides is 1. The van der Waals surface area contributed by atoms with E-state index in [-0.39, 0.29) is 5.91 Å². The number of nitrogens with zero attached hydrogens (tertiary/aromatic N) is 2. The molecule has 1 aromatic rings. The molecule has 1 saturated heterocycles. The Labute approximate surface area is 127 Å². The van der Waals surface area contributed by atoms with E-state index in [4.69, 9.17) is 5.73 Å². The van der Waals surface area contributed by atoms with E-state index in [9.17, 15) is 4.79 Å². The minimum atomic E-state index is 0.0615. The molecule has 0 bridgehead atoms. The Morgan fingerprint density at radius 3 is 2.52 bits per heavy atom. The number of hydrogen-bond acceptors (Lipinski definition) is 4. The molecule has 0 aliphatic carbocycles. The summed E-state index contributed by atoms with van der Waals surface area (Å²) in [5, 5.41) is 2.90. The average Bonchev–Trinajstić information content (AvgIpc) is 2.53. The van der Waals surface area contributed by atoms with Gasteiger partial charge in [-0.3, -0.25) is 9.69 Å². The van der Waals surface area contributed by atoms with Gasteiger partial charge in [-0.05, 0) is 25.1 Å². The first-order chi connectivity index (χ1) is 10.3. The van der Waals surface area contributed by atoms with E-state index in [0.29, 0.717) is 13.0 Å². The maximum atomic E-state index is 11.3. The Morgan fingerprint density at radius 2 is 1.86 bits per heavy atom. The van der Waals surface area contributed by atoms with Gasteiger partial charge in [0.1, 0.15) is 0 Å². The Morgan fingerprint density at radius 1 is 1.14 bits per heavy atom.